The molecule has 1 heterocycles. The summed E-state index contributed by atoms with van der Waals surface area (Å²) in [5.74, 6) is 0.964. The Morgan fingerprint density at radius 1 is 1.12 bits per heavy atom. The van der Waals surface area contributed by atoms with Gasteiger partial charge in [0, 0.05) is 17.7 Å². The van der Waals surface area contributed by atoms with Crippen LogP contribution in [0, 0.1) is 13.8 Å². The van der Waals surface area contributed by atoms with Crippen LogP contribution >= 0.6 is 0 Å². The van der Waals surface area contributed by atoms with E-state index in [0.29, 0.717) is 0 Å². The third-order valence-electron chi connectivity index (χ3n) is 4.49. The first-order valence-electron chi connectivity index (χ1n) is 8.35. The molecule has 0 unspecified atom stereocenters. The summed E-state index contributed by atoms with van der Waals surface area (Å²) in [6, 6.07) is 12.1. The van der Waals surface area contributed by atoms with Gasteiger partial charge in [0.05, 0.1) is 12.8 Å². The van der Waals surface area contributed by atoms with E-state index >= 15 is 0 Å². The van der Waals surface area contributed by atoms with E-state index in [2.05, 4.69) is 13.0 Å². The Labute approximate surface area is 143 Å². The number of rotatable bonds is 4. The molecule has 1 aliphatic heterocycles. The molecule has 0 fully saturated rings. The van der Waals surface area contributed by atoms with Crippen LogP contribution in [0.2, 0.25) is 0 Å². The minimum atomic E-state index is 0.0888. The summed E-state index contributed by atoms with van der Waals surface area (Å²) in [7, 11) is 1.68. The zero-order chi connectivity index (χ0) is 17.3. The van der Waals surface area contributed by atoms with Gasteiger partial charge in [-0.1, -0.05) is 25.1 Å². The Morgan fingerprint density at radius 2 is 1.88 bits per heavy atom. The average molecular weight is 321 g/mol. The molecule has 0 radical (unpaired) electrons. The van der Waals surface area contributed by atoms with Crippen LogP contribution in [0.1, 0.15) is 35.6 Å². The molecule has 0 spiro atoms. The molecule has 3 rings (SSSR count). The summed E-state index contributed by atoms with van der Waals surface area (Å²) in [4.78, 5) is 14.8. The number of anilines is 1. The number of para-hydroxylation sites is 1. The number of carbonyl (C=O) groups is 1. The van der Waals surface area contributed by atoms with Gasteiger partial charge in [-0.15, -0.1) is 0 Å². The molecule has 0 aromatic heterocycles. The Kier molecular flexibility index (Phi) is 4.43. The zero-order valence-electron chi connectivity index (χ0n) is 14.7. The van der Waals surface area contributed by atoms with Crippen molar-refractivity contribution < 1.29 is 9.53 Å². The maximum Gasteiger partial charge on any atom is 0.258 e. The maximum absolute atomic E-state index is 12.9. The van der Waals surface area contributed by atoms with Crippen molar-refractivity contribution in [3.63, 3.8) is 0 Å². The number of hydrogen-bond donors (Lipinski definition) is 0. The van der Waals surface area contributed by atoms with E-state index in [4.69, 9.17) is 4.74 Å². The van der Waals surface area contributed by atoms with E-state index < -0.39 is 0 Å². The number of aryl methyl sites for hydroxylation is 2. The van der Waals surface area contributed by atoms with E-state index in [0.717, 1.165) is 52.2 Å². The molecule has 3 nitrogen and oxygen atoms in total. The minimum Gasteiger partial charge on any atom is -0.496 e. The third kappa shape index (κ3) is 2.71. The second-order valence-electron chi connectivity index (χ2n) is 6.21. The normalized spacial score (nSPS) is 15.1. The van der Waals surface area contributed by atoms with E-state index in [1.54, 1.807) is 7.11 Å². The summed E-state index contributed by atoms with van der Waals surface area (Å²) in [6.07, 6.45) is 2.95. The highest BCUT2D eigenvalue weighted by molar-refractivity contribution is 6.35. The van der Waals surface area contributed by atoms with Crippen LogP contribution in [0.3, 0.4) is 0 Å². The standard InChI is InChI=1S/C21H23NO2/c1-5-10-22-19-9-7-6-8-17(19)18(21(22)23)13-16-11-15(3)20(24-4)12-14(16)2/h6-9,11-13H,5,10H2,1-4H3/b18-13-. The Hall–Kier alpha value is -2.55. The largest absolute Gasteiger partial charge is 0.496 e. The van der Waals surface area contributed by atoms with Crippen LogP contribution in [0.15, 0.2) is 36.4 Å². The highest BCUT2D eigenvalue weighted by Crippen LogP contribution is 2.38. The fraction of sp³-hybridized carbons (Fsp3) is 0.286. The number of fused-ring (bicyclic) bond motifs is 1. The lowest BCUT2D eigenvalue weighted by molar-refractivity contribution is -0.113. The first-order valence-corrected chi connectivity index (χ1v) is 8.35. The highest BCUT2D eigenvalue weighted by atomic mass is 16.5. The van der Waals surface area contributed by atoms with Gasteiger partial charge in [0.1, 0.15) is 5.75 Å². The quantitative estimate of drug-likeness (QED) is 0.770. The van der Waals surface area contributed by atoms with Gasteiger partial charge in [-0.25, -0.2) is 0 Å². The minimum absolute atomic E-state index is 0.0888. The van der Waals surface area contributed by atoms with E-state index in [9.17, 15) is 4.79 Å². The molecule has 0 saturated heterocycles. The summed E-state index contributed by atoms with van der Waals surface area (Å²) >= 11 is 0. The van der Waals surface area contributed by atoms with E-state index in [1.807, 2.05) is 55.2 Å². The second kappa shape index (κ2) is 6.52. The molecule has 1 aliphatic rings. The van der Waals surface area contributed by atoms with Gasteiger partial charge < -0.3 is 9.64 Å². The SMILES string of the molecule is CCCN1C(=O)/C(=C\c2cc(C)c(OC)cc2C)c2ccccc21. The molecule has 0 bridgehead atoms. The van der Waals surface area contributed by atoms with Crippen LogP contribution < -0.4 is 9.64 Å². The first-order chi connectivity index (χ1) is 11.6. The number of benzene rings is 2. The van der Waals surface area contributed by atoms with Crippen molar-refractivity contribution in [2.75, 3.05) is 18.6 Å². The Morgan fingerprint density at radius 3 is 2.58 bits per heavy atom. The van der Waals surface area contributed by atoms with Gasteiger partial charge in [-0.2, -0.15) is 0 Å². The smallest absolute Gasteiger partial charge is 0.258 e. The number of carbonyl (C=O) groups excluding carboxylic acids is 1. The van der Waals surface area contributed by atoms with E-state index in [-0.39, 0.29) is 5.91 Å². The van der Waals surface area contributed by atoms with Gasteiger partial charge in [0.25, 0.3) is 5.91 Å². The van der Waals surface area contributed by atoms with Gasteiger partial charge in [-0.3, -0.25) is 4.79 Å². The van der Waals surface area contributed by atoms with Gasteiger partial charge >= 0.3 is 0 Å². The fourth-order valence-corrected chi connectivity index (χ4v) is 3.23. The first kappa shape index (κ1) is 16.3. The number of hydrogen-bond acceptors (Lipinski definition) is 2. The fourth-order valence-electron chi connectivity index (χ4n) is 3.23. The zero-order valence-corrected chi connectivity index (χ0v) is 14.7. The highest BCUT2D eigenvalue weighted by Gasteiger charge is 2.31. The van der Waals surface area contributed by atoms with Gasteiger partial charge in [0.2, 0.25) is 0 Å². The number of amides is 1. The molecule has 0 saturated carbocycles. The van der Waals surface area contributed by atoms with Crippen LogP contribution in [-0.4, -0.2) is 19.6 Å². The summed E-state index contributed by atoms with van der Waals surface area (Å²) in [5.41, 5.74) is 6.03. The molecule has 0 aliphatic carbocycles. The number of methoxy groups -OCH3 is 1. The Bertz CT molecular complexity index is 821. The molecule has 1 amide bonds. The van der Waals surface area contributed by atoms with Crippen LogP contribution in [0.5, 0.6) is 5.75 Å². The van der Waals surface area contributed by atoms with Crippen LogP contribution in [-0.2, 0) is 4.79 Å². The third-order valence-corrected chi connectivity index (χ3v) is 4.49. The summed E-state index contributed by atoms with van der Waals surface area (Å²) in [6.45, 7) is 6.90. The molecular formula is C21H23NO2. The van der Waals surface area contributed by atoms with Crippen molar-refractivity contribution in [1.29, 1.82) is 0 Å². The number of ether oxygens (including phenoxy) is 1. The Balaban J connectivity index is 2.11. The van der Waals surface area contributed by atoms with Gasteiger partial charge in [-0.05, 0) is 61.2 Å². The van der Waals surface area contributed by atoms with Crippen LogP contribution in [0.25, 0.3) is 11.6 Å². The predicted molar refractivity (Wildman–Crippen MR) is 99.4 cm³/mol. The van der Waals surface area contributed by atoms with Crippen molar-refractivity contribution >= 4 is 23.2 Å². The lowest BCUT2D eigenvalue weighted by Gasteiger charge is -2.15. The monoisotopic (exact) mass is 321 g/mol. The molecular weight excluding hydrogens is 298 g/mol. The van der Waals surface area contributed by atoms with Crippen molar-refractivity contribution in [1.82, 2.24) is 0 Å². The maximum atomic E-state index is 12.9. The second-order valence-corrected chi connectivity index (χ2v) is 6.21. The van der Waals surface area contributed by atoms with Gasteiger partial charge in [0.15, 0.2) is 0 Å². The van der Waals surface area contributed by atoms with Crippen molar-refractivity contribution in [3.05, 3.63) is 58.7 Å². The predicted octanol–water partition coefficient (Wildman–Crippen LogP) is 4.61. The van der Waals surface area contributed by atoms with Crippen molar-refractivity contribution in [2.45, 2.75) is 27.2 Å². The molecule has 2 aromatic rings. The molecule has 2 aromatic carbocycles. The summed E-state index contributed by atoms with van der Waals surface area (Å²) in [5, 5.41) is 0. The topological polar surface area (TPSA) is 29.5 Å². The van der Waals surface area contributed by atoms with Crippen molar-refractivity contribution in [2.24, 2.45) is 0 Å². The van der Waals surface area contributed by atoms with Crippen LogP contribution in [0.4, 0.5) is 5.69 Å². The molecule has 24 heavy (non-hydrogen) atoms. The number of nitrogens with zero attached hydrogens (tertiary/aromatic N) is 1. The molecule has 124 valence electrons. The lowest BCUT2D eigenvalue weighted by Crippen LogP contribution is -2.26. The van der Waals surface area contributed by atoms with Crippen molar-refractivity contribution in [3.8, 4) is 5.75 Å². The molecule has 0 N–H and O–H groups in total. The van der Waals surface area contributed by atoms with E-state index in [1.165, 1.54) is 0 Å². The summed E-state index contributed by atoms with van der Waals surface area (Å²) < 4.78 is 5.38. The average Bonchev–Trinajstić information content (AvgIpc) is 2.84. The lowest BCUT2D eigenvalue weighted by atomic mass is 9.99. The molecule has 0 atom stereocenters. The molecule has 3 heteroatoms.